The van der Waals surface area contributed by atoms with Crippen LogP contribution in [0.1, 0.15) is 36.8 Å². The Hall–Kier alpha value is -2.82. The minimum absolute atomic E-state index is 0.0875. The number of aliphatic carboxylic acids is 1. The van der Waals surface area contributed by atoms with Gasteiger partial charge in [0, 0.05) is 24.9 Å². The number of carbonyl (C=O) groups is 2. The van der Waals surface area contributed by atoms with Gasteiger partial charge >= 0.3 is 5.97 Å². The molecule has 5 nitrogen and oxygen atoms in total. The zero-order chi connectivity index (χ0) is 18.1. The molecule has 5 heteroatoms. The number of aryl methyl sites for hydroxylation is 1. The van der Waals surface area contributed by atoms with Gasteiger partial charge in [0.1, 0.15) is 11.5 Å². The predicted octanol–water partition coefficient (Wildman–Crippen LogP) is 4.05. The van der Waals surface area contributed by atoms with Crippen LogP contribution in [0.4, 0.5) is 0 Å². The van der Waals surface area contributed by atoms with E-state index in [9.17, 15) is 9.59 Å². The highest BCUT2D eigenvalue weighted by Crippen LogP contribution is 2.25. The predicted molar refractivity (Wildman–Crippen MR) is 95.6 cm³/mol. The summed E-state index contributed by atoms with van der Waals surface area (Å²) in [6.07, 6.45) is 1.50. The fraction of sp³-hybridized carbons (Fsp3) is 0.300. The Morgan fingerprint density at radius 3 is 2.40 bits per heavy atom. The Bertz CT molecular complexity index is 710. The highest BCUT2D eigenvalue weighted by Gasteiger charge is 2.07. The van der Waals surface area contributed by atoms with E-state index in [0.717, 1.165) is 16.9 Å². The Balaban J connectivity index is 1.86. The topological polar surface area (TPSA) is 75.6 Å². The van der Waals surface area contributed by atoms with Gasteiger partial charge in [0.25, 0.3) is 0 Å². The van der Waals surface area contributed by atoms with E-state index in [1.54, 1.807) is 0 Å². The number of hydrogen-bond acceptors (Lipinski definition) is 3. The van der Waals surface area contributed by atoms with E-state index in [0.29, 0.717) is 31.6 Å². The highest BCUT2D eigenvalue weighted by atomic mass is 16.5. The number of nitrogens with one attached hydrogen (secondary N) is 1. The van der Waals surface area contributed by atoms with Crippen molar-refractivity contribution in [3.05, 3.63) is 59.7 Å². The molecule has 1 amide bonds. The summed E-state index contributed by atoms with van der Waals surface area (Å²) < 4.78 is 5.91. The largest absolute Gasteiger partial charge is 0.481 e. The van der Waals surface area contributed by atoms with E-state index in [4.69, 9.17) is 9.84 Å². The van der Waals surface area contributed by atoms with E-state index < -0.39 is 5.97 Å². The minimum Gasteiger partial charge on any atom is -0.481 e. The molecule has 0 aliphatic rings. The summed E-state index contributed by atoms with van der Waals surface area (Å²) in [5.74, 6) is 0.536. The van der Waals surface area contributed by atoms with Crippen molar-refractivity contribution in [2.75, 3.05) is 0 Å². The average Bonchev–Trinajstić information content (AvgIpc) is 2.60. The van der Waals surface area contributed by atoms with Crippen molar-refractivity contribution in [2.24, 2.45) is 0 Å². The second-order valence-corrected chi connectivity index (χ2v) is 5.90. The summed E-state index contributed by atoms with van der Waals surface area (Å²) >= 11 is 0. The van der Waals surface area contributed by atoms with Crippen LogP contribution in [0.25, 0.3) is 0 Å². The van der Waals surface area contributed by atoms with Crippen LogP contribution in [0.5, 0.6) is 11.5 Å². The number of unbranched alkanes of at least 4 members (excludes halogenated alkanes) is 1. The first-order valence-corrected chi connectivity index (χ1v) is 8.35. The molecule has 2 N–H and O–H groups in total. The molecule has 0 heterocycles. The van der Waals surface area contributed by atoms with Crippen molar-refractivity contribution in [3.8, 4) is 11.5 Å². The fourth-order valence-electron chi connectivity index (χ4n) is 2.33. The number of para-hydroxylation sites is 1. The first-order chi connectivity index (χ1) is 12.0. The zero-order valence-corrected chi connectivity index (χ0v) is 14.3. The third kappa shape index (κ3) is 6.67. The number of hydrogen-bond donors (Lipinski definition) is 2. The maximum Gasteiger partial charge on any atom is 0.303 e. The van der Waals surface area contributed by atoms with Crippen molar-refractivity contribution in [1.82, 2.24) is 5.32 Å². The number of carbonyl (C=O) groups excluding carboxylic acids is 1. The second-order valence-electron chi connectivity index (χ2n) is 5.90. The molecule has 2 aromatic carbocycles. The molecular formula is C20H23NO4. The van der Waals surface area contributed by atoms with Crippen LogP contribution in [-0.2, 0) is 16.1 Å². The summed E-state index contributed by atoms with van der Waals surface area (Å²) in [6, 6.07) is 15.4. The van der Waals surface area contributed by atoms with Crippen LogP contribution in [0.3, 0.4) is 0 Å². The molecule has 0 unspecified atom stereocenters. The van der Waals surface area contributed by atoms with Gasteiger partial charge in [0.05, 0.1) is 0 Å². The van der Waals surface area contributed by atoms with Crippen molar-refractivity contribution < 1.29 is 19.4 Å². The van der Waals surface area contributed by atoms with E-state index >= 15 is 0 Å². The summed E-state index contributed by atoms with van der Waals surface area (Å²) in [5, 5.41) is 11.4. The Morgan fingerprint density at radius 2 is 1.68 bits per heavy atom. The Labute approximate surface area is 147 Å². The van der Waals surface area contributed by atoms with Gasteiger partial charge in [-0.2, -0.15) is 0 Å². The number of carboxylic acids is 1. The van der Waals surface area contributed by atoms with Gasteiger partial charge in [-0.3, -0.25) is 9.59 Å². The van der Waals surface area contributed by atoms with Crippen molar-refractivity contribution in [1.29, 1.82) is 0 Å². The minimum atomic E-state index is -0.831. The van der Waals surface area contributed by atoms with Gasteiger partial charge in [0.15, 0.2) is 0 Å². The van der Waals surface area contributed by atoms with Gasteiger partial charge < -0.3 is 15.2 Å². The van der Waals surface area contributed by atoms with Crippen LogP contribution in [0, 0.1) is 6.92 Å². The van der Waals surface area contributed by atoms with Crippen LogP contribution >= 0.6 is 0 Å². The van der Waals surface area contributed by atoms with Crippen molar-refractivity contribution in [2.45, 2.75) is 39.2 Å². The molecule has 2 aromatic rings. The molecule has 132 valence electrons. The third-order valence-corrected chi connectivity index (χ3v) is 3.74. The van der Waals surface area contributed by atoms with Gasteiger partial charge in [-0.25, -0.2) is 0 Å². The molecule has 0 saturated carbocycles. The van der Waals surface area contributed by atoms with Gasteiger partial charge in [-0.15, -0.1) is 0 Å². The molecule has 2 rings (SSSR count). The molecule has 25 heavy (non-hydrogen) atoms. The Kier molecular flexibility index (Phi) is 7.01. The van der Waals surface area contributed by atoms with Crippen LogP contribution in [0.2, 0.25) is 0 Å². The maximum atomic E-state index is 11.9. The van der Waals surface area contributed by atoms with Crippen molar-refractivity contribution >= 4 is 11.9 Å². The molecule has 0 fully saturated rings. The van der Waals surface area contributed by atoms with E-state index in [1.165, 1.54) is 0 Å². The fourth-order valence-corrected chi connectivity index (χ4v) is 2.33. The van der Waals surface area contributed by atoms with Gasteiger partial charge in [0.2, 0.25) is 5.91 Å². The lowest BCUT2D eigenvalue weighted by molar-refractivity contribution is -0.137. The van der Waals surface area contributed by atoms with E-state index in [1.807, 2.05) is 55.5 Å². The number of rotatable bonds is 9. The Morgan fingerprint density at radius 1 is 1.00 bits per heavy atom. The molecule has 0 radical (unpaired) electrons. The quantitative estimate of drug-likeness (QED) is 0.675. The lowest BCUT2D eigenvalue weighted by Gasteiger charge is -2.12. The summed E-state index contributed by atoms with van der Waals surface area (Å²) in [4.78, 5) is 22.3. The average molecular weight is 341 g/mol. The van der Waals surface area contributed by atoms with Gasteiger partial charge in [-0.1, -0.05) is 35.9 Å². The molecule has 0 aliphatic carbocycles. The number of benzene rings is 2. The van der Waals surface area contributed by atoms with Crippen LogP contribution < -0.4 is 10.1 Å². The molecular weight excluding hydrogens is 318 g/mol. The van der Waals surface area contributed by atoms with Crippen LogP contribution in [-0.4, -0.2) is 17.0 Å². The van der Waals surface area contributed by atoms with Gasteiger partial charge in [-0.05, 0) is 38.0 Å². The molecule has 0 saturated heterocycles. The smallest absolute Gasteiger partial charge is 0.303 e. The van der Waals surface area contributed by atoms with E-state index in [2.05, 4.69) is 5.32 Å². The third-order valence-electron chi connectivity index (χ3n) is 3.74. The first kappa shape index (κ1) is 18.5. The lowest BCUT2D eigenvalue weighted by Crippen LogP contribution is -2.22. The molecule has 0 aliphatic heterocycles. The summed E-state index contributed by atoms with van der Waals surface area (Å²) in [7, 11) is 0. The monoisotopic (exact) mass is 341 g/mol. The molecule has 0 atom stereocenters. The van der Waals surface area contributed by atoms with E-state index in [-0.39, 0.29) is 12.3 Å². The SMILES string of the molecule is Cc1ccc(Oc2ccccc2CNC(=O)CCCCC(=O)O)cc1. The van der Waals surface area contributed by atoms with Crippen LogP contribution in [0.15, 0.2) is 48.5 Å². The number of ether oxygens (including phenoxy) is 1. The van der Waals surface area contributed by atoms with Crippen molar-refractivity contribution in [3.63, 3.8) is 0 Å². The summed E-state index contributed by atoms with van der Waals surface area (Å²) in [5.41, 5.74) is 2.05. The second kappa shape index (κ2) is 9.47. The maximum absolute atomic E-state index is 11.9. The zero-order valence-electron chi connectivity index (χ0n) is 14.3. The molecule has 0 aromatic heterocycles. The number of amides is 1. The standard InChI is InChI=1S/C20H23NO4/c1-15-10-12-17(13-11-15)25-18-7-3-2-6-16(18)14-21-19(22)8-4-5-9-20(23)24/h2-3,6-7,10-13H,4-5,8-9,14H2,1H3,(H,21,22)(H,23,24). The number of carboxylic acid groups (broad SMARTS) is 1. The molecule has 0 bridgehead atoms. The lowest BCUT2D eigenvalue weighted by atomic mass is 10.1. The first-order valence-electron chi connectivity index (χ1n) is 8.35. The highest BCUT2D eigenvalue weighted by molar-refractivity contribution is 5.76. The molecule has 0 spiro atoms. The normalized spacial score (nSPS) is 10.3. The summed E-state index contributed by atoms with van der Waals surface area (Å²) in [6.45, 7) is 2.39.